The highest BCUT2D eigenvalue weighted by Gasteiger charge is 2.03. The van der Waals surface area contributed by atoms with Gasteiger partial charge in [-0.05, 0) is 48.4 Å². The highest BCUT2D eigenvalue weighted by molar-refractivity contribution is 7.17. The topological polar surface area (TPSA) is 49.8 Å². The van der Waals surface area contributed by atoms with Gasteiger partial charge in [-0.3, -0.25) is 0 Å². The number of thiophene rings is 1. The summed E-state index contributed by atoms with van der Waals surface area (Å²) in [7, 11) is 0. The Bertz CT molecular complexity index is 751. The fourth-order valence-corrected chi connectivity index (χ4v) is 2.91. The summed E-state index contributed by atoms with van der Waals surface area (Å²) in [5.41, 5.74) is 1.99. The fraction of sp³-hybridized carbons (Fsp3) is 0.250. The lowest BCUT2D eigenvalue weighted by Gasteiger charge is -2.09. The van der Waals surface area contributed by atoms with Crippen molar-refractivity contribution in [2.75, 3.05) is 17.2 Å². The number of aryl methyl sites for hydroxylation is 1. The number of anilines is 3. The van der Waals surface area contributed by atoms with Crippen molar-refractivity contribution in [2.45, 2.75) is 20.3 Å². The van der Waals surface area contributed by atoms with Crippen LogP contribution >= 0.6 is 11.3 Å². The van der Waals surface area contributed by atoms with E-state index in [4.69, 9.17) is 0 Å². The molecule has 0 spiro atoms. The minimum atomic E-state index is 0.677. The van der Waals surface area contributed by atoms with Crippen LogP contribution in [0.2, 0.25) is 0 Å². The van der Waals surface area contributed by atoms with Gasteiger partial charge in [0.25, 0.3) is 0 Å². The van der Waals surface area contributed by atoms with Crippen LogP contribution in [0.3, 0.4) is 0 Å². The molecule has 21 heavy (non-hydrogen) atoms. The predicted octanol–water partition coefficient (Wildman–Crippen LogP) is 4.57. The Kier molecular flexibility index (Phi) is 4.01. The number of aromatic nitrogens is 2. The van der Waals surface area contributed by atoms with Crippen LogP contribution in [0.4, 0.5) is 17.5 Å². The summed E-state index contributed by atoms with van der Waals surface area (Å²) in [4.78, 5) is 8.90. The third kappa shape index (κ3) is 3.31. The van der Waals surface area contributed by atoms with E-state index >= 15 is 0 Å². The standard InChI is InChI=1S/C16H18N4S/c1-3-7-17-16-18-11(2)9-15(20-16)19-13-4-5-14-12(10-13)6-8-21-14/h4-6,8-10H,3,7H2,1-2H3,(H2,17,18,19,20). The van der Waals surface area contributed by atoms with Crippen molar-refractivity contribution in [3.63, 3.8) is 0 Å². The summed E-state index contributed by atoms with van der Waals surface area (Å²) in [6, 6.07) is 10.4. The molecule has 2 N–H and O–H groups in total. The van der Waals surface area contributed by atoms with Gasteiger partial charge in [0.1, 0.15) is 5.82 Å². The second-order valence-corrected chi connectivity index (χ2v) is 5.89. The number of hydrogen-bond donors (Lipinski definition) is 2. The Morgan fingerprint density at radius 1 is 1.14 bits per heavy atom. The molecule has 0 atom stereocenters. The van der Waals surface area contributed by atoms with Gasteiger partial charge in [-0.2, -0.15) is 4.98 Å². The molecule has 0 saturated carbocycles. The second kappa shape index (κ2) is 6.10. The van der Waals surface area contributed by atoms with E-state index in [9.17, 15) is 0 Å². The van der Waals surface area contributed by atoms with Gasteiger partial charge in [0.05, 0.1) is 0 Å². The van der Waals surface area contributed by atoms with Gasteiger partial charge < -0.3 is 10.6 Å². The second-order valence-electron chi connectivity index (χ2n) is 4.94. The number of nitrogens with one attached hydrogen (secondary N) is 2. The summed E-state index contributed by atoms with van der Waals surface area (Å²) in [5, 5.41) is 9.94. The smallest absolute Gasteiger partial charge is 0.224 e. The van der Waals surface area contributed by atoms with Gasteiger partial charge in [0.2, 0.25) is 5.95 Å². The molecule has 0 aliphatic heterocycles. The lowest BCUT2D eigenvalue weighted by molar-refractivity contribution is 0.947. The molecule has 0 aliphatic carbocycles. The highest BCUT2D eigenvalue weighted by atomic mass is 32.1. The first kappa shape index (κ1) is 13.8. The minimum Gasteiger partial charge on any atom is -0.354 e. The molecule has 0 unspecified atom stereocenters. The molecular formula is C16H18N4S. The van der Waals surface area contributed by atoms with E-state index < -0.39 is 0 Å². The van der Waals surface area contributed by atoms with Gasteiger partial charge in [-0.25, -0.2) is 4.98 Å². The van der Waals surface area contributed by atoms with Crippen molar-refractivity contribution in [3.05, 3.63) is 41.4 Å². The molecular weight excluding hydrogens is 280 g/mol. The maximum Gasteiger partial charge on any atom is 0.224 e. The van der Waals surface area contributed by atoms with Gasteiger partial charge in [0, 0.05) is 28.7 Å². The van der Waals surface area contributed by atoms with E-state index in [1.54, 1.807) is 11.3 Å². The first-order valence-electron chi connectivity index (χ1n) is 7.08. The summed E-state index contributed by atoms with van der Waals surface area (Å²) in [6.45, 7) is 4.98. The maximum absolute atomic E-state index is 4.50. The van der Waals surface area contributed by atoms with Gasteiger partial charge in [-0.15, -0.1) is 11.3 Å². The third-order valence-corrected chi connectivity index (χ3v) is 4.01. The summed E-state index contributed by atoms with van der Waals surface area (Å²) in [5.74, 6) is 1.49. The highest BCUT2D eigenvalue weighted by Crippen LogP contribution is 2.25. The Morgan fingerprint density at radius 2 is 2.05 bits per heavy atom. The Balaban J connectivity index is 1.84. The predicted molar refractivity (Wildman–Crippen MR) is 90.7 cm³/mol. The zero-order chi connectivity index (χ0) is 14.7. The summed E-state index contributed by atoms with van der Waals surface area (Å²) >= 11 is 1.75. The van der Waals surface area contributed by atoms with Gasteiger partial charge in [-0.1, -0.05) is 6.92 Å². The molecule has 108 valence electrons. The molecule has 2 heterocycles. The largest absolute Gasteiger partial charge is 0.354 e. The van der Waals surface area contributed by atoms with Crippen LogP contribution in [-0.4, -0.2) is 16.5 Å². The Morgan fingerprint density at radius 3 is 2.90 bits per heavy atom. The lowest BCUT2D eigenvalue weighted by Crippen LogP contribution is -2.06. The minimum absolute atomic E-state index is 0.677. The van der Waals surface area contributed by atoms with E-state index in [0.29, 0.717) is 5.95 Å². The van der Waals surface area contributed by atoms with Crippen LogP contribution in [0.5, 0.6) is 0 Å². The van der Waals surface area contributed by atoms with E-state index in [2.05, 4.69) is 57.2 Å². The lowest BCUT2D eigenvalue weighted by atomic mass is 10.2. The van der Waals surface area contributed by atoms with Crippen LogP contribution in [0, 0.1) is 6.92 Å². The zero-order valence-electron chi connectivity index (χ0n) is 12.2. The molecule has 0 amide bonds. The van der Waals surface area contributed by atoms with Crippen LogP contribution in [0.25, 0.3) is 10.1 Å². The molecule has 2 aromatic heterocycles. The van der Waals surface area contributed by atoms with Crippen molar-refractivity contribution in [3.8, 4) is 0 Å². The summed E-state index contributed by atoms with van der Waals surface area (Å²) < 4.78 is 1.30. The van der Waals surface area contributed by atoms with Crippen molar-refractivity contribution in [2.24, 2.45) is 0 Å². The molecule has 1 aromatic carbocycles. The van der Waals surface area contributed by atoms with E-state index in [-0.39, 0.29) is 0 Å². The molecule has 4 nitrogen and oxygen atoms in total. The van der Waals surface area contributed by atoms with Crippen LogP contribution in [0.1, 0.15) is 19.0 Å². The SMILES string of the molecule is CCCNc1nc(C)cc(Nc2ccc3sccc3c2)n1. The molecule has 3 aromatic rings. The fourth-order valence-electron chi connectivity index (χ4n) is 2.14. The molecule has 0 radical (unpaired) electrons. The normalized spacial score (nSPS) is 10.8. The monoisotopic (exact) mass is 298 g/mol. The number of rotatable bonds is 5. The first-order valence-corrected chi connectivity index (χ1v) is 7.96. The molecule has 5 heteroatoms. The average molecular weight is 298 g/mol. The van der Waals surface area contributed by atoms with E-state index in [1.807, 2.05) is 13.0 Å². The molecule has 0 aliphatic rings. The molecule has 3 rings (SSSR count). The first-order chi connectivity index (χ1) is 10.2. The Labute approximate surface area is 128 Å². The van der Waals surface area contributed by atoms with E-state index in [0.717, 1.165) is 30.2 Å². The van der Waals surface area contributed by atoms with Crippen LogP contribution in [-0.2, 0) is 0 Å². The average Bonchev–Trinajstić information content (AvgIpc) is 2.92. The number of fused-ring (bicyclic) bond motifs is 1. The van der Waals surface area contributed by atoms with Crippen molar-refractivity contribution in [1.29, 1.82) is 0 Å². The number of nitrogens with zero attached hydrogens (tertiary/aromatic N) is 2. The molecule has 0 fully saturated rings. The number of hydrogen-bond acceptors (Lipinski definition) is 5. The quantitative estimate of drug-likeness (QED) is 0.724. The third-order valence-electron chi connectivity index (χ3n) is 3.11. The molecule has 0 bridgehead atoms. The number of benzene rings is 1. The Hall–Kier alpha value is -2.14. The maximum atomic E-state index is 4.50. The van der Waals surface area contributed by atoms with Crippen molar-refractivity contribution < 1.29 is 0 Å². The molecule has 0 saturated heterocycles. The van der Waals surface area contributed by atoms with Crippen molar-refractivity contribution >= 4 is 38.9 Å². The van der Waals surface area contributed by atoms with Gasteiger partial charge in [0.15, 0.2) is 0 Å². The van der Waals surface area contributed by atoms with E-state index in [1.165, 1.54) is 10.1 Å². The van der Waals surface area contributed by atoms with Crippen molar-refractivity contribution in [1.82, 2.24) is 9.97 Å². The van der Waals surface area contributed by atoms with Crippen LogP contribution < -0.4 is 10.6 Å². The van der Waals surface area contributed by atoms with Crippen LogP contribution in [0.15, 0.2) is 35.7 Å². The van der Waals surface area contributed by atoms with Gasteiger partial charge >= 0.3 is 0 Å². The summed E-state index contributed by atoms with van der Waals surface area (Å²) in [6.07, 6.45) is 1.05. The zero-order valence-corrected chi connectivity index (χ0v) is 13.0.